The summed E-state index contributed by atoms with van der Waals surface area (Å²) >= 11 is 0. The van der Waals surface area contributed by atoms with Gasteiger partial charge in [0.1, 0.15) is 22.7 Å². The number of aromatic nitrogens is 8. The zero-order valence-electron chi connectivity index (χ0n) is 32.1. The predicted octanol–water partition coefficient (Wildman–Crippen LogP) is 3.25. The zero-order valence-corrected chi connectivity index (χ0v) is 32.1. The van der Waals surface area contributed by atoms with E-state index in [9.17, 15) is 24.3 Å². The molecule has 19 nitrogen and oxygen atoms in total. The Morgan fingerprint density at radius 1 is 0.759 bits per heavy atom. The highest BCUT2D eigenvalue weighted by Crippen LogP contribution is 2.32. The first-order chi connectivity index (χ1) is 27.4. The van der Waals surface area contributed by atoms with E-state index < -0.39 is 23.6 Å². The lowest BCUT2D eigenvalue weighted by molar-refractivity contribution is 0.0991. The first-order valence-electron chi connectivity index (χ1n) is 18.3. The van der Waals surface area contributed by atoms with Crippen LogP contribution in [0.4, 0.5) is 11.9 Å². The van der Waals surface area contributed by atoms with Crippen molar-refractivity contribution >= 4 is 57.6 Å². The van der Waals surface area contributed by atoms with E-state index in [1.165, 1.54) is 12.1 Å². The molecular weight excluding hydrogens is 747 g/mol. The number of rotatable bonds is 17. The number of anilines is 2. The van der Waals surface area contributed by atoms with Crippen LogP contribution >= 0.6 is 0 Å². The number of nitrogens with zero attached hydrogens (tertiary/aromatic N) is 8. The van der Waals surface area contributed by atoms with Gasteiger partial charge in [0.25, 0.3) is 11.8 Å². The number of carbonyl (C=O) groups is 4. The van der Waals surface area contributed by atoms with E-state index in [0.29, 0.717) is 69.9 Å². The van der Waals surface area contributed by atoms with Gasteiger partial charge in [-0.05, 0) is 69.7 Å². The molecule has 0 aliphatic rings. The SMILES string of the molecule is C.CCn1nc(C)cc1C(=O)Nc1nc2cc(C(N)=O)cc(CN)c2n1C/C=C/Cn1c(NC(=O)c2cc(C)nn2CC)nc2cc(C(N)=O)cc(OCCCO)c21. The molecule has 0 spiro atoms. The van der Waals surface area contributed by atoms with Gasteiger partial charge in [-0.2, -0.15) is 10.2 Å². The van der Waals surface area contributed by atoms with Crippen molar-refractivity contribution in [2.24, 2.45) is 17.2 Å². The van der Waals surface area contributed by atoms with Crippen molar-refractivity contribution in [3.8, 4) is 5.75 Å². The number of benzene rings is 2. The van der Waals surface area contributed by atoms with Crippen molar-refractivity contribution in [1.29, 1.82) is 0 Å². The molecule has 0 fully saturated rings. The summed E-state index contributed by atoms with van der Waals surface area (Å²) in [5.41, 5.74) is 22.2. The molecule has 6 aromatic rings. The average molecular weight is 796 g/mol. The summed E-state index contributed by atoms with van der Waals surface area (Å²) in [6.45, 7) is 8.66. The van der Waals surface area contributed by atoms with Gasteiger partial charge in [0, 0.05) is 56.9 Å². The van der Waals surface area contributed by atoms with Crippen LogP contribution in [0.3, 0.4) is 0 Å². The maximum Gasteiger partial charge on any atom is 0.276 e. The van der Waals surface area contributed by atoms with E-state index in [4.69, 9.17) is 21.9 Å². The quantitative estimate of drug-likeness (QED) is 0.0576. The van der Waals surface area contributed by atoms with Crippen LogP contribution < -0.4 is 32.6 Å². The molecule has 4 aromatic heterocycles. The van der Waals surface area contributed by atoms with Gasteiger partial charge in [0.2, 0.25) is 23.7 Å². The molecule has 0 aliphatic heterocycles. The summed E-state index contributed by atoms with van der Waals surface area (Å²) in [4.78, 5) is 61.1. The monoisotopic (exact) mass is 795 g/mol. The van der Waals surface area contributed by atoms with E-state index in [2.05, 4.69) is 30.8 Å². The van der Waals surface area contributed by atoms with Gasteiger partial charge in [-0.1, -0.05) is 19.6 Å². The van der Waals surface area contributed by atoms with E-state index in [1.54, 1.807) is 56.6 Å². The molecule has 306 valence electrons. The fourth-order valence-electron chi connectivity index (χ4n) is 6.56. The van der Waals surface area contributed by atoms with Crippen molar-refractivity contribution in [2.75, 3.05) is 23.8 Å². The van der Waals surface area contributed by atoms with Crippen molar-refractivity contribution in [1.82, 2.24) is 38.7 Å². The molecule has 2 aromatic carbocycles. The minimum absolute atomic E-state index is 0. The topological polar surface area (TPSA) is 271 Å². The summed E-state index contributed by atoms with van der Waals surface area (Å²) in [6, 6.07) is 9.51. The average Bonchev–Trinajstić information content (AvgIpc) is 3.95. The largest absolute Gasteiger partial charge is 0.491 e. The first kappa shape index (κ1) is 42.3. The fourth-order valence-corrected chi connectivity index (χ4v) is 6.56. The number of aliphatic hydroxyl groups excluding tert-OH is 1. The van der Waals surface area contributed by atoms with E-state index in [1.807, 2.05) is 26.0 Å². The van der Waals surface area contributed by atoms with Gasteiger partial charge in [-0.25, -0.2) is 9.97 Å². The second kappa shape index (κ2) is 17.9. The Hall–Kier alpha value is -6.86. The number of imidazole rings is 2. The molecule has 6 rings (SSSR count). The first-order valence-corrected chi connectivity index (χ1v) is 18.3. The van der Waals surface area contributed by atoms with Crippen LogP contribution in [0.2, 0.25) is 0 Å². The molecule has 0 atom stereocenters. The number of fused-ring (bicyclic) bond motifs is 2. The standard InChI is InChI=1S/C38H45N13O6.CH4/c1-5-50-28(14-21(3)46-50)35(55)44-37-42-26-17-23(33(40)53)16-25(20-39)31(26)48(37)10-7-8-11-49-32-27(18-24(34(41)54)19-30(32)57-13-9-12-52)43-38(49)45-36(56)29-15-22(4)47-51(29)6-2;/h7-8,14-19,52H,5-6,9-13,20,39H2,1-4H3,(H2,40,53)(H2,41,54)(H,42,44,55)(H,43,45,56);1H4/b8-7+;. The Balaban J connectivity index is 0.00000641. The number of allylic oxidation sites excluding steroid dienone is 2. The lowest BCUT2D eigenvalue weighted by atomic mass is 10.1. The van der Waals surface area contributed by atoms with Crippen LogP contribution in [0.15, 0.2) is 48.6 Å². The van der Waals surface area contributed by atoms with Gasteiger partial charge in [0.15, 0.2) is 0 Å². The lowest BCUT2D eigenvalue weighted by Gasteiger charge is -2.13. The Morgan fingerprint density at radius 3 is 1.71 bits per heavy atom. The summed E-state index contributed by atoms with van der Waals surface area (Å²) in [5, 5.41) is 24.0. The molecular formula is C39H49N13O6. The number of hydrogen-bond acceptors (Lipinski definition) is 11. The van der Waals surface area contributed by atoms with Crippen molar-refractivity contribution in [3.63, 3.8) is 0 Å². The number of amides is 4. The third-order valence-electron chi connectivity index (χ3n) is 9.14. The summed E-state index contributed by atoms with van der Waals surface area (Å²) in [6.07, 6.45) is 3.98. The van der Waals surface area contributed by atoms with Crippen LogP contribution in [-0.2, 0) is 32.7 Å². The zero-order chi connectivity index (χ0) is 41.0. The third kappa shape index (κ3) is 8.59. The molecule has 19 heteroatoms. The molecule has 58 heavy (non-hydrogen) atoms. The number of hydrogen-bond donors (Lipinski definition) is 6. The van der Waals surface area contributed by atoms with Crippen molar-refractivity contribution < 1.29 is 29.0 Å². The van der Waals surface area contributed by atoms with Crippen LogP contribution in [0.1, 0.15) is 86.3 Å². The van der Waals surface area contributed by atoms with Crippen LogP contribution in [0, 0.1) is 13.8 Å². The van der Waals surface area contributed by atoms with Gasteiger partial charge in [0.05, 0.1) is 34.5 Å². The normalized spacial score (nSPS) is 11.3. The molecule has 0 radical (unpaired) electrons. The smallest absolute Gasteiger partial charge is 0.276 e. The predicted molar refractivity (Wildman–Crippen MR) is 219 cm³/mol. The third-order valence-corrected chi connectivity index (χ3v) is 9.14. The fraction of sp³-hybridized carbons (Fsp3) is 0.333. The van der Waals surface area contributed by atoms with Gasteiger partial charge >= 0.3 is 0 Å². The highest BCUT2D eigenvalue weighted by molar-refractivity contribution is 6.05. The Labute approximate surface area is 333 Å². The Morgan fingerprint density at radius 2 is 1.24 bits per heavy atom. The van der Waals surface area contributed by atoms with Crippen LogP contribution in [-0.4, -0.2) is 80.6 Å². The van der Waals surface area contributed by atoms with Gasteiger partial charge in [-0.15, -0.1) is 0 Å². The number of primary amides is 2. The Bertz CT molecular complexity index is 2540. The van der Waals surface area contributed by atoms with E-state index >= 15 is 0 Å². The summed E-state index contributed by atoms with van der Waals surface area (Å²) in [5.74, 6) is -1.61. The van der Waals surface area contributed by atoms with Gasteiger partial charge in [-0.3, -0.25) is 39.2 Å². The minimum atomic E-state index is -0.698. The van der Waals surface area contributed by atoms with Crippen LogP contribution in [0.5, 0.6) is 5.75 Å². The van der Waals surface area contributed by atoms with Crippen LogP contribution in [0.25, 0.3) is 22.1 Å². The summed E-state index contributed by atoms with van der Waals surface area (Å²) in [7, 11) is 0. The molecule has 0 unspecified atom stereocenters. The molecule has 4 amide bonds. The molecule has 0 saturated heterocycles. The Kier molecular flexibility index (Phi) is 13.1. The number of aryl methyl sites for hydroxylation is 4. The molecule has 0 aliphatic carbocycles. The second-order valence-electron chi connectivity index (χ2n) is 13.1. The molecule has 0 saturated carbocycles. The maximum absolute atomic E-state index is 13.6. The minimum Gasteiger partial charge on any atom is -0.491 e. The summed E-state index contributed by atoms with van der Waals surface area (Å²) < 4.78 is 12.7. The molecule has 9 N–H and O–H groups in total. The highest BCUT2D eigenvalue weighted by atomic mass is 16.5. The number of nitrogens with two attached hydrogens (primary N) is 3. The number of aliphatic hydroxyl groups is 1. The van der Waals surface area contributed by atoms with E-state index in [-0.39, 0.29) is 69.0 Å². The molecule has 0 bridgehead atoms. The lowest BCUT2D eigenvalue weighted by Crippen LogP contribution is -2.20. The van der Waals surface area contributed by atoms with Crippen molar-refractivity contribution in [3.05, 3.63) is 88.0 Å². The highest BCUT2D eigenvalue weighted by Gasteiger charge is 2.23. The number of carbonyl (C=O) groups excluding carboxylic acids is 4. The second-order valence-corrected chi connectivity index (χ2v) is 13.1. The van der Waals surface area contributed by atoms with Gasteiger partial charge < -0.3 is 36.2 Å². The number of nitrogens with one attached hydrogen (secondary N) is 2. The maximum atomic E-state index is 13.6. The number of ether oxygens (including phenoxy) is 1. The van der Waals surface area contributed by atoms with Crippen molar-refractivity contribution in [2.45, 2.75) is 74.3 Å². The molecule has 4 heterocycles. The van der Waals surface area contributed by atoms with E-state index in [0.717, 1.165) is 0 Å².